The average molecular weight is 444 g/mol. The van der Waals surface area contributed by atoms with Crippen LogP contribution in [-0.2, 0) is 24.0 Å². The van der Waals surface area contributed by atoms with Crippen molar-refractivity contribution < 1.29 is 29.1 Å². The first-order chi connectivity index (χ1) is 14.2. The van der Waals surface area contributed by atoms with Crippen molar-refractivity contribution in [2.75, 3.05) is 0 Å². The molecule has 178 valence electrons. The van der Waals surface area contributed by atoms with Gasteiger partial charge in [0.1, 0.15) is 18.1 Å². The van der Waals surface area contributed by atoms with Crippen molar-refractivity contribution >= 4 is 29.6 Å². The van der Waals surface area contributed by atoms with Gasteiger partial charge >= 0.3 is 5.97 Å². The highest BCUT2D eigenvalue weighted by atomic mass is 16.4. The van der Waals surface area contributed by atoms with Gasteiger partial charge in [-0.25, -0.2) is 4.79 Å². The molecule has 0 heterocycles. The third-order valence-electron chi connectivity index (χ3n) is 5.07. The number of carbonyl (C=O) groups is 5. The SMILES string of the molecule is CCC(C)C(N)C(=O)NC(C(=O)NC(C(=O)NC(CC(N)=O)C(=O)O)C(C)C)C(C)C. The summed E-state index contributed by atoms with van der Waals surface area (Å²) in [7, 11) is 0. The van der Waals surface area contributed by atoms with E-state index < -0.39 is 66.1 Å². The number of nitrogens with one attached hydrogen (secondary N) is 3. The molecule has 11 nitrogen and oxygen atoms in total. The van der Waals surface area contributed by atoms with Crippen molar-refractivity contribution in [2.24, 2.45) is 29.2 Å². The van der Waals surface area contributed by atoms with Gasteiger partial charge in [0.25, 0.3) is 0 Å². The molecular formula is C20H37N5O6. The molecule has 0 rings (SSSR count). The van der Waals surface area contributed by atoms with Gasteiger partial charge in [-0.3, -0.25) is 19.2 Å². The maximum absolute atomic E-state index is 12.9. The van der Waals surface area contributed by atoms with Crippen molar-refractivity contribution in [1.29, 1.82) is 0 Å². The molecule has 5 atom stereocenters. The van der Waals surface area contributed by atoms with E-state index in [4.69, 9.17) is 11.5 Å². The van der Waals surface area contributed by atoms with Crippen LogP contribution in [0.25, 0.3) is 0 Å². The molecule has 0 saturated carbocycles. The lowest BCUT2D eigenvalue weighted by Crippen LogP contribution is -2.60. The highest BCUT2D eigenvalue weighted by molar-refractivity contribution is 5.95. The second-order valence-electron chi connectivity index (χ2n) is 8.44. The minimum Gasteiger partial charge on any atom is -0.480 e. The first-order valence-corrected chi connectivity index (χ1v) is 10.4. The molecule has 0 aromatic carbocycles. The van der Waals surface area contributed by atoms with E-state index in [1.165, 1.54) is 0 Å². The van der Waals surface area contributed by atoms with Crippen LogP contribution in [0, 0.1) is 17.8 Å². The Hall–Kier alpha value is -2.69. The number of rotatable bonds is 13. The maximum Gasteiger partial charge on any atom is 0.326 e. The molecule has 0 radical (unpaired) electrons. The van der Waals surface area contributed by atoms with Gasteiger partial charge in [-0.15, -0.1) is 0 Å². The molecule has 31 heavy (non-hydrogen) atoms. The zero-order valence-corrected chi connectivity index (χ0v) is 19.1. The van der Waals surface area contributed by atoms with Crippen LogP contribution < -0.4 is 27.4 Å². The number of primary amides is 1. The monoisotopic (exact) mass is 443 g/mol. The number of carbonyl (C=O) groups excluding carboxylic acids is 4. The van der Waals surface area contributed by atoms with Gasteiger partial charge in [0.05, 0.1) is 12.5 Å². The van der Waals surface area contributed by atoms with Gasteiger partial charge in [0.2, 0.25) is 23.6 Å². The number of hydrogen-bond donors (Lipinski definition) is 6. The molecular weight excluding hydrogens is 406 g/mol. The molecule has 5 unspecified atom stereocenters. The summed E-state index contributed by atoms with van der Waals surface area (Å²) >= 11 is 0. The molecule has 0 aliphatic rings. The van der Waals surface area contributed by atoms with Crippen LogP contribution in [0.4, 0.5) is 0 Å². The number of carboxylic acid groups (broad SMARTS) is 1. The first-order valence-electron chi connectivity index (χ1n) is 10.4. The van der Waals surface area contributed by atoms with Crippen LogP contribution in [0.1, 0.15) is 54.4 Å². The van der Waals surface area contributed by atoms with Crippen molar-refractivity contribution in [3.63, 3.8) is 0 Å². The third kappa shape index (κ3) is 9.33. The van der Waals surface area contributed by atoms with E-state index in [-0.39, 0.29) is 11.8 Å². The van der Waals surface area contributed by atoms with Gasteiger partial charge in [-0.1, -0.05) is 48.0 Å². The van der Waals surface area contributed by atoms with Gasteiger partial charge in [-0.05, 0) is 17.8 Å². The number of hydrogen-bond acceptors (Lipinski definition) is 6. The summed E-state index contributed by atoms with van der Waals surface area (Å²) in [4.78, 5) is 60.3. The van der Waals surface area contributed by atoms with Crippen LogP contribution >= 0.6 is 0 Å². The fourth-order valence-corrected chi connectivity index (χ4v) is 2.74. The summed E-state index contributed by atoms with van der Waals surface area (Å²) in [6, 6.07) is -4.34. The highest BCUT2D eigenvalue weighted by Gasteiger charge is 2.33. The van der Waals surface area contributed by atoms with Crippen molar-refractivity contribution in [3.8, 4) is 0 Å². The number of carboxylic acids is 1. The Balaban J connectivity index is 5.41. The maximum atomic E-state index is 12.9. The van der Waals surface area contributed by atoms with E-state index in [0.717, 1.165) is 0 Å². The zero-order chi connectivity index (χ0) is 24.5. The molecule has 0 aromatic heterocycles. The summed E-state index contributed by atoms with van der Waals surface area (Å²) in [6.07, 6.45) is 0.108. The van der Waals surface area contributed by atoms with Gasteiger partial charge in [-0.2, -0.15) is 0 Å². The normalized spacial score (nSPS) is 16.0. The molecule has 0 fully saturated rings. The fraction of sp³-hybridized carbons (Fsp3) is 0.750. The molecule has 4 amide bonds. The predicted molar refractivity (Wildman–Crippen MR) is 114 cm³/mol. The summed E-state index contributed by atoms with van der Waals surface area (Å²) in [5.41, 5.74) is 11.0. The van der Waals surface area contributed by atoms with Crippen molar-refractivity contribution in [1.82, 2.24) is 16.0 Å². The Bertz CT molecular complexity index is 666. The second-order valence-corrected chi connectivity index (χ2v) is 8.44. The molecule has 0 aliphatic heterocycles. The Morgan fingerprint density at radius 2 is 1.23 bits per heavy atom. The lowest BCUT2D eigenvalue weighted by molar-refractivity contribution is -0.144. The number of aliphatic carboxylic acids is 1. The predicted octanol–water partition coefficient (Wildman–Crippen LogP) is -0.914. The van der Waals surface area contributed by atoms with E-state index >= 15 is 0 Å². The lowest BCUT2D eigenvalue weighted by Gasteiger charge is -2.29. The average Bonchev–Trinajstić information content (AvgIpc) is 2.66. The summed E-state index contributed by atoms with van der Waals surface area (Å²) in [5, 5.41) is 16.6. The van der Waals surface area contributed by atoms with Gasteiger partial charge in [0.15, 0.2) is 0 Å². The van der Waals surface area contributed by atoms with Crippen LogP contribution in [0.15, 0.2) is 0 Å². The van der Waals surface area contributed by atoms with Crippen molar-refractivity contribution in [2.45, 2.75) is 78.6 Å². The Labute approximate surface area is 183 Å². The topological polar surface area (TPSA) is 194 Å². The number of amides is 4. The Morgan fingerprint density at radius 3 is 1.58 bits per heavy atom. The van der Waals surface area contributed by atoms with Crippen LogP contribution in [0.3, 0.4) is 0 Å². The lowest BCUT2D eigenvalue weighted by atomic mass is 9.96. The molecule has 8 N–H and O–H groups in total. The van der Waals surface area contributed by atoms with Crippen LogP contribution in [0.5, 0.6) is 0 Å². The fourth-order valence-electron chi connectivity index (χ4n) is 2.74. The Morgan fingerprint density at radius 1 is 0.806 bits per heavy atom. The van der Waals surface area contributed by atoms with Crippen LogP contribution in [0.2, 0.25) is 0 Å². The molecule has 0 spiro atoms. The largest absolute Gasteiger partial charge is 0.480 e. The third-order valence-corrected chi connectivity index (χ3v) is 5.07. The van der Waals surface area contributed by atoms with E-state index in [9.17, 15) is 29.1 Å². The Kier molecular flexibility index (Phi) is 11.8. The number of nitrogens with two attached hydrogens (primary N) is 2. The van der Waals surface area contributed by atoms with E-state index in [1.54, 1.807) is 27.7 Å². The summed E-state index contributed by atoms with van der Waals surface area (Å²) < 4.78 is 0. The quantitative estimate of drug-likeness (QED) is 0.212. The van der Waals surface area contributed by atoms with Crippen molar-refractivity contribution in [3.05, 3.63) is 0 Å². The van der Waals surface area contributed by atoms with E-state index in [2.05, 4.69) is 16.0 Å². The standard InChI is InChI=1S/C20H37N5O6/c1-7-11(6)14(22)17(27)24-16(10(4)5)19(29)25-15(9(2)3)18(28)23-12(20(30)31)8-13(21)26/h9-12,14-16H,7-8,22H2,1-6H3,(H2,21,26)(H,23,28)(H,24,27)(H,25,29)(H,30,31). The molecule has 11 heteroatoms. The molecule has 0 aliphatic carbocycles. The van der Waals surface area contributed by atoms with Gasteiger partial charge < -0.3 is 32.5 Å². The molecule has 0 aromatic rings. The zero-order valence-electron chi connectivity index (χ0n) is 19.1. The minimum atomic E-state index is -1.52. The smallest absolute Gasteiger partial charge is 0.326 e. The second kappa shape index (κ2) is 12.9. The van der Waals surface area contributed by atoms with E-state index in [1.807, 2.05) is 13.8 Å². The summed E-state index contributed by atoms with van der Waals surface area (Å²) in [5.74, 6) is -4.95. The van der Waals surface area contributed by atoms with Crippen LogP contribution in [-0.4, -0.2) is 58.9 Å². The molecule has 0 bridgehead atoms. The first kappa shape index (κ1) is 28.3. The van der Waals surface area contributed by atoms with E-state index in [0.29, 0.717) is 6.42 Å². The molecule has 0 saturated heterocycles. The highest BCUT2D eigenvalue weighted by Crippen LogP contribution is 2.10. The summed E-state index contributed by atoms with van der Waals surface area (Å²) in [6.45, 7) is 10.5. The minimum absolute atomic E-state index is 0.0803. The van der Waals surface area contributed by atoms with Gasteiger partial charge in [0, 0.05) is 0 Å².